The number of amides is 1. The molecule has 0 radical (unpaired) electrons. The molecule has 0 aliphatic heterocycles. The smallest absolute Gasteiger partial charge is 0.253 e. The van der Waals surface area contributed by atoms with Gasteiger partial charge in [-0.15, -0.1) is 0 Å². The van der Waals surface area contributed by atoms with Gasteiger partial charge >= 0.3 is 0 Å². The lowest BCUT2D eigenvalue weighted by atomic mass is 9.98. The molecular formula is C14H19FN2O. The van der Waals surface area contributed by atoms with Crippen LogP contribution in [-0.2, 0) is 0 Å². The van der Waals surface area contributed by atoms with Gasteiger partial charge < -0.3 is 11.1 Å². The Morgan fingerprint density at radius 2 is 2.28 bits per heavy atom. The van der Waals surface area contributed by atoms with Gasteiger partial charge in [-0.05, 0) is 36.5 Å². The molecule has 0 spiro atoms. The van der Waals surface area contributed by atoms with E-state index in [1.54, 1.807) is 0 Å². The average Bonchev–Trinajstić information content (AvgIpc) is 2.72. The highest BCUT2D eigenvalue weighted by atomic mass is 19.1. The number of nitrogens with two attached hydrogens (primary N) is 1. The molecule has 1 aromatic carbocycles. The van der Waals surface area contributed by atoms with Crippen molar-refractivity contribution >= 4 is 11.6 Å². The first kappa shape index (κ1) is 12.9. The van der Waals surface area contributed by atoms with Gasteiger partial charge in [0.25, 0.3) is 5.91 Å². The maximum atomic E-state index is 12.9. The molecule has 1 fully saturated rings. The molecule has 0 bridgehead atoms. The monoisotopic (exact) mass is 250 g/mol. The Labute approximate surface area is 107 Å². The van der Waals surface area contributed by atoms with Gasteiger partial charge in [0, 0.05) is 12.2 Å². The fourth-order valence-corrected chi connectivity index (χ4v) is 2.58. The zero-order valence-corrected chi connectivity index (χ0v) is 10.6. The fourth-order valence-electron chi connectivity index (χ4n) is 2.58. The highest BCUT2D eigenvalue weighted by molar-refractivity contribution is 5.99. The van der Waals surface area contributed by atoms with Gasteiger partial charge in [0.05, 0.1) is 5.56 Å². The van der Waals surface area contributed by atoms with Gasteiger partial charge in [0.15, 0.2) is 0 Å². The molecule has 2 rings (SSSR count). The molecule has 1 aliphatic carbocycles. The second-order valence-corrected chi connectivity index (χ2v) is 5.11. The Balaban J connectivity index is 1.95. The first-order valence-corrected chi connectivity index (χ1v) is 6.41. The number of hydrogen-bond acceptors (Lipinski definition) is 2. The Morgan fingerprint density at radius 3 is 2.89 bits per heavy atom. The van der Waals surface area contributed by atoms with Crippen molar-refractivity contribution in [1.29, 1.82) is 0 Å². The van der Waals surface area contributed by atoms with Crippen LogP contribution < -0.4 is 11.1 Å². The number of benzene rings is 1. The molecule has 3 N–H and O–H groups in total. The minimum absolute atomic E-state index is 0.187. The molecule has 1 saturated carbocycles. The number of nitrogen functional groups attached to an aromatic ring is 1. The van der Waals surface area contributed by atoms with Crippen molar-refractivity contribution in [3.8, 4) is 0 Å². The largest absolute Gasteiger partial charge is 0.398 e. The maximum absolute atomic E-state index is 12.9. The summed E-state index contributed by atoms with van der Waals surface area (Å²) >= 11 is 0. The summed E-state index contributed by atoms with van der Waals surface area (Å²) in [4.78, 5) is 11.9. The molecule has 0 aromatic heterocycles. The van der Waals surface area contributed by atoms with E-state index in [4.69, 9.17) is 5.73 Å². The summed E-state index contributed by atoms with van der Waals surface area (Å²) in [6.45, 7) is 2.90. The second kappa shape index (κ2) is 5.38. The zero-order valence-electron chi connectivity index (χ0n) is 10.6. The summed E-state index contributed by atoms with van der Waals surface area (Å²) < 4.78 is 12.9. The number of anilines is 1. The van der Waals surface area contributed by atoms with Crippen LogP contribution in [0.25, 0.3) is 0 Å². The Kier molecular flexibility index (Phi) is 3.84. The van der Waals surface area contributed by atoms with Crippen LogP contribution in [-0.4, -0.2) is 12.5 Å². The average molecular weight is 250 g/mol. The third-order valence-electron chi connectivity index (χ3n) is 3.82. The summed E-state index contributed by atoms with van der Waals surface area (Å²) in [6.07, 6.45) is 3.64. The van der Waals surface area contributed by atoms with Gasteiger partial charge in [-0.3, -0.25) is 4.79 Å². The molecular weight excluding hydrogens is 231 g/mol. The van der Waals surface area contributed by atoms with Crippen molar-refractivity contribution in [2.24, 2.45) is 11.8 Å². The number of carbonyl (C=O) groups excluding carboxylic acids is 1. The normalized spacial score (nSPS) is 23.0. The Hall–Kier alpha value is -1.58. The SMILES string of the molecule is CC1CCCC1CNC(=O)c1ccc(F)cc1N. The summed E-state index contributed by atoms with van der Waals surface area (Å²) in [5.41, 5.74) is 6.17. The third-order valence-corrected chi connectivity index (χ3v) is 3.82. The quantitative estimate of drug-likeness (QED) is 0.810. The van der Waals surface area contributed by atoms with Crippen LogP contribution >= 0.6 is 0 Å². The van der Waals surface area contributed by atoms with Crippen molar-refractivity contribution < 1.29 is 9.18 Å². The molecule has 98 valence electrons. The van der Waals surface area contributed by atoms with Crippen LogP contribution in [0.1, 0.15) is 36.5 Å². The second-order valence-electron chi connectivity index (χ2n) is 5.11. The topological polar surface area (TPSA) is 55.1 Å². The molecule has 0 saturated heterocycles. The third kappa shape index (κ3) is 2.81. The Bertz CT molecular complexity index is 447. The number of nitrogens with one attached hydrogen (secondary N) is 1. The van der Waals surface area contributed by atoms with E-state index in [0.29, 0.717) is 23.9 Å². The minimum Gasteiger partial charge on any atom is -0.398 e. The van der Waals surface area contributed by atoms with Crippen LogP contribution in [0.3, 0.4) is 0 Å². The van der Waals surface area contributed by atoms with Crippen LogP contribution in [0, 0.1) is 17.7 Å². The first-order chi connectivity index (χ1) is 8.58. The van der Waals surface area contributed by atoms with E-state index in [1.165, 1.54) is 37.5 Å². The first-order valence-electron chi connectivity index (χ1n) is 6.41. The maximum Gasteiger partial charge on any atom is 0.253 e. The number of carbonyl (C=O) groups is 1. The zero-order chi connectivity index (χ0) is 13.1. The minimum atomic E-state index is -0.423. The highest BCUT2D eigenvalue weighted by Crippen LogP contribution is 2.30. The lowest BCUT2D eigenvalue weighted by Crippen LogP contribution is -2.30. The van der Waals surface area contributed by atoms with Crippen LogP contribution in [0.2, 0.25) is 0 Å². The molecule has 0 heterocycles. The molecule has 2 atom stereocenters. The lowest BCUT2D eigenvalue weighted by Gasteiger charge is -2.16. The highest BCUT2D eigenvalue weighted by Gasteiger charge is 2.23. The van der Waals surface area contributed by atoms with Crippen molar-refractivity contribution in [1.82, 2.24) is 5.32 Å². The summed E-state index contributed by atoms with van der Waals surface area (Å²) in [5, 5.41) is 2.89. The van der Waals surface area contributed by atoms with Crippen molar-refractivity contribution in [2.75, 3.05) is 12.3 Å². The van der Waals surface area contributed by atoms with Crippen molar-refractivity contribution in [2.45, 2.75) is 26.2 Å². The summed E-state index contributed by atoms with van der Waals surface area (Å²) in [7, 11) is 0. The van der Waals surface area contributed by atoms with E-state index in [0.717, 1.165) is 0 Å². The number of hydrogen-bond donors (Lipinski definition) is 2. The molecule has 4 heteroatoms. The van der Waals surface area contributed by atoms with Crippen LogP contribution in [0.5, 0.6) is 0 Å². The van der Waals surface area contributed by atoms with E-state index in [9.17, 15) is 9.18 Å². The van der Waals surface area contributed by atoms with E-state index in [1.807, 2.05) is 0 Å². The van der Waals surface area contributed by atoms with Gasteiger partial charge in [0.1, 0.15) is 5.82 Å². The lowest BCUT2D eigenvalue weighted by molar-refractivity contribution is 0.0945. The molecule has 2 unspecified atom stereocenters. The molecule has 18 heavy (non-hydrogen) atoms. The fraction of sp³-hybridized carbons (Fsp3) is 0.500. The van der Waals surface area contributed by atoms with Gasteiger partial charge in [0.2, 0.25) is 0 Å². The van der Waals surface area contributed by atoms with E-state index >= 15 is 0 Å². The van der Waals surface area contributed by atoms with E-state index in [2.05, 4.69) is 12.2 Å². The van der Waals surface area contributed by atoms with Crippen molar-refractivity contribution in [3.05, 3.63) is 29.6 Å². The van der Waals surface area contributed by atoms with Gasteiger partial charge in [-0.2, -0.15) is 0 Å². The van der Waals surface area contributed by atoms with Gasteiger partial charge in [-0.1, -0.05) is 19.8 Å². The van der Waals surface area contributed by atoms with Crippen LogP contribution in [0.15, 0.2) is 18.2 Å². The molecule has 1 aliphatic rings. The van der Waals surface area contributed by atoms with Crippen molar-refractivity contribution in [3.63, 3.8) is 0 Å². The number of halogens is 1. The predicted octanol–water partition coefficient (Wildman–Crippen LogP) is 2.57. The van der Waals surface area contributed by atoms with E-state index in [-0.39, 0.29) is 11.6 Å². The number of rotatable bonds is 3. The summed E-state index contributed by atoms with van der Waals surface area (Å²) in [6, 6.07) is 3.86. The van der Waals surface area contributed by atoms with Crippen LogP contribution in [0.4, 0.5) is 10.1 Å². The predicted molar refractivity (Wildman–Crippen MR) is 69.7 cm³/mol. The Morgan fingerprint density at radius 1 is 1.50 bits per heavy atom. The molecule has 1 aromatic rings. The summed E-state index contributed by atoms with van der Waals surface area (Å²) in [5.74, 6) is 0.576. The van der Waals surface area contributed by atoms with Gasteiger partial charge in [-0.25, -0.2) is 4.39 Å². The molecule has 1 amide bonds. The molecule has 3 nitrogen and oxygen atoms in total. The standard InChI is InChI=1S/C14H19FN2O/c1-9-3-2-4-10(9)8-17-14(18)12-6-5-11(15)7-13(12)16/h5-7,9-10H,2-4,8,16H2,1H3,(H,17,18). The van der Waals surface area contributed by atoms with E-state index < -0.39 is 5.82 Å².